The van der Waals surface area contributed by atoms with Gasteiger partial charge in [0, 0.05) is 17.8 Å². The maximum absolute atomic E-state index is 12.4. The highest BCUT2D eigenvalue weighted by molar-refractivity contribution is 6.04. The number of halogens is 3. The number of hydrogen-bond acceptors (Lipinski definition) is 2. The first-order valence-electron chi connectivity index (χ1n) is 8.33. The third kappa shape index (κ3) is 5.57. The summed E-state index contributed by atoms with van der Waals surface area (Å²) in [6.07, 6.45) is -4.95. The van der Waals surface area contributed by atoms with Gasteiger partial charge in [-0.1, -0.05) is 51.1 Å². The number of amides is 2. The van der Waals surface area contributed by atoms with Crippen molar-refractivity contribution in [3.63, 3.8) is 0 Å². The van der Waals surface area contributed by atoms with E-state index in [2.05, 4.69) is 26.1 Å². The van der Waals surface area contributed by atoms with Crippen LogP contribution in [0.1, 0.15) is 42.3 Å². The number of para-hydroxylation sites is 1. The van der Waals surface area contributed by atoms with Crippen LogP contribution in [0, 0.1) is 0 Å². The second kappa shape index (κ2) is 7.82. The van der Waals surface area contributed by atoms with Gasteiger partial charge in [-0.15, -0.1) is 0 Å². The zero-order valence-electron chi connectivity index (χ0n) is 15.3. The smallest absolute Gasteiger partial charge is 0.344 e. The molecular formula is C20H21F3N2O2. The van der Waals surface area contributed by atoms with Crippen molar-refractivity contribution in [3.05, 3.63) is 65.2 Å². The van der Waals surface area contributed by atoms with Crippen LogP contribution in [0.4, 0.5) is 18.9 Å². The Kier molecular flexibility index (Phi) is 5.93. The summed E-state index contributed by atoms with van der Waals surface area (Å²) in [6.45, 7) is 5.84. The van der Waals surface area contributed by atoms with Crippen molar-refractivity contribution in [2.45, 2.75) is 38.9 Å². The van der Waals surface area contributed by atoms with Gasteiger partial charge < -0.3 is 10.6 Å². The van der Waals surface area contributed by atoms with E-state index in [9.17, 15) is 22.8 Å². The number of benzene rings is 2. The third-order valence-electron chi connectivity index (χ3n) is 3.98. The molecule has 0 saturated heterocycles. The lowest BCUT2D eigenvalue weighted by atomic mass is 9.87. The summed E-state index contributed by atoms with van der Waals surface area (Å²) < 4.78 is 37.0. The number of hydrogen-bond donors (Lipinski definition) is 2. The van der Waals surface area contributed by atoms with Crippen molar-refractivity contribution >= 4 is 17.5 Å². The van der Waals surface area contributed by atoms with Crippen LogP contribution in [0.25, 0.3) is 0 Å². The van der Waals surface area contributed by atoms with Crippen LogP contribution in [-0.4, -0.2) is 18.0 Å². The van der Waals surface area contributed by atoms with E-state index in [0.29, 0.717) is 16.8 Å². The molecule has 0 heterocycles. The molecule has 0 bridgehead atoms. The second-order valence-corrected chi connectivity index (χ2v) is 7.12. The maximum Gasteiger partial charge on any atom is 0.471 e. The molecule has 0 aromatic heterocycles. The van der Waals surface area contributed by atoms with Gasteiger partial charge in [0.2, 0.25) is 0 Å². The Hall–Kier alpha value is -2.83. The fraction of sp³-hybridized carbons (Fsp3) is 0.300. The Bertz CT molecular complexity index is 822. The van der Waals surface area contributed by atoms with E-state index in [1.165, 1.54) is 6.07 Å². The van der Waals surface area contributed by atoms with Crippen LogP contribution in [0.5, 0.6) is 0 Å². The molecule has 0 spiro atoms. The maximum atomic E-state index is 12.4. The molecule has 0 aliphatic heterocycles. The second-order valence-electron chi connectivity index (χ2n) is 7.12. The van der Waals surface area contributed by atoms with Crippen molar-refractivity contribution in [1.82, 2.24) is 5.32 Å². The fourth-order valence-electron chi connectivity index (χ4n) is 2.39. The average Bonchev–Trinajstić information content (AvgIpc) is 2.59. The van der Waals surface area contributed by atoms with Crippen molar-refractivity contribution in [2.24, 2.45) is 0 Å². The summed E-state index contributed by atoms with van der Waals surface area (Å²) in [5.41, 5.74) is 2.17. The Balaban J connectivity index is 2.11. The molecule has 27 heavy (non-hydrogen) atoms. The monoisotopic (exact) mass is 378 g/mol. The van der Waals surface area contributed by atoms with Crippen molar-refractivity contribution in [3.8, 4) is 0 Å². The van der Waals surface area contributed by atoms with Crippen LogP contribution < -0.4 is 10.6 Å². The molecule has 2 N–H and O–H groups in total. The summed E-state index contributed by atoms with van der Waals surface area (Å²) in [5, 5.41) is 4.48. The van der Waals surface area contributed by atoms with Gasteiger partial charge in [0.25, 0.3) is 5.91 Å². The minimum absolute atomic E-state index is 0.0434. The molecule has 0 fully saturated rings. The molecule has 2 amide bonds. The molecular weight excluding hydrogens is 357 g/mol. The SMILES string of the molecule is CC(C)(C)c1ccc(C(=O)Nc2ccccc2CNC(=O)C(F)(F)F)cc1. The van der Waals surface area contributed by atoms with Gasteiger partial charge in [0.1, 0.15) is 0 Å². The van der Waals surface area contributed by atoms with Gasteiger partial charge in [-0.25, -0.2) is 0 Å². The van der Waals surface area contributed by atoms with Crippen LogP contribution in [0.3, 0.4) is 0 Å². The van der Waals surface area contributed by atoms with Crippen molar-refractivity contribution < 1.29 is 22.8 Å². The molecule has 0 aliphatic rings. The Morgan fingerprint density at radius 1 is 0.926 bits per heavy atom. The van der Waals surface area contributed by atoms with Gasteiger partial charge in [0.05, 0.1) is 0 Å². The third-order valence-corrected chi connectivity index (χ3v) is 3.98. The number of carbonyl (C=O) groups excluding carboxylic acids is 2. The predicted molar refractivity (Wildman–Crippen MR) is 97.4 cm³/mol. The predicted octanol–water partition coefficient (Wildman–Crippen LogP) is 4.41. The molecule has 144 valence electrons. The summed E-state index contributed by atoms with van der Waals surface area (Å²) in [7, 11) is 0. The van der Waals surface area contributed by atoms with Crippen molar-refractivity contribution in [1.29, 1.82) is 0 Å². The van der Waals surface area contributed by atoms with E-state index in [0.717, 1.165) is 5.56 Å². The quantitative estimate of drug-likeness (QED) is 0.828. The zero-order chi connectivity index (χ0) is 20.2. The van der Waals surface area contributed by atoms with Crippen LogP contribution in [0.2, 0.25) is 0 Å². The number of carbonyl (C=O) groups is 2. The molecule has 4 nitrogen and oxygen atoms in total. The first kappa shape index (κ1) is 20.5. The number of rotatable bonds is 4. The molecule has 2 rings (SSSR count). The lowest BCUT2D eigenvalue weighted by Crippen LogP contribution is -2.36. The van der Waals surface area contributed by atoms with Gasteiger partial charge in [-0.2, -0.15) is 13.2 Å². The van der Waals surface area contributed by atoms with Gasteiger partial charge in [0.15, 0.2) is 0 Å². The fourth-order valence-corrected chi connectivity index (χ4v) is 2.39. The molecule has 0 radical (unpaired) electrons. The summed E-state index contributed by atoms with van der Waals surface area (Å²) >= 11 is 0. The first-order valence-corrected chi connectivity index (χ1v) is 8.33. The van der Waals surface area contributed by atoms with Crippen molar-refractivity contribution in [2.75, 3.05) is 5.32 Å². The highest BCUT2D eigenvalue weighted by Crippen LogP contribution is 2.23. The lowest BCUT2D eigenvalue weighted by Gasteiger charge is -2.19. The van der Waals surface area contributed by atoms with Crippen LogP contribution in [-0.2, 0) is 16.8 Å². The van der Waals surface area contributed by atoms with Gasteiger partial charge in [-0.05, 0) is 34.7 Å². The minimum atomic E-state index is -4.95. The summed E-state index contributed by atoms with van der Waals surface area (Å²) in [5.74, 6) is -2.41. The van der Waals surface area contributed by atoms with Gasteiger partial charge in [-0.3, -0.25) is 9.59 Å². The van der Waals surface area contributed by atoms with Crippen LogP contribution in [0.15, 0.2) is 48.5 Å². The first-order chi connectivity index (χ1) is 12.5. The average molecular weight is 378 g/mol. The molecule has 0 saturated carbocycles. The molecule has 2 aromatic rings. The van der Waals surface area contributed by atoms with E-state index < -0.39 is 12.1 Å². The zero-order valence-corrected chi connectivity index (χ0v) is 15.3. The van der Waals surface area contributed by atoms with Crippen LogP contribution >= 0.6 is 0 Å². The Morgan fingerprint density at radius 3 is 2.07 bits per heavy atom. The summed E-state index contributed by atoms with van der Waals surface area (Å²) in [6, 6.07) is 13.5. The van der Waals surface area contributed by atoms with E-state index in [-0.39, 0.29) is 17.9 Å². The number of anilines is 1. The standard InChI is InChI=1S/C20H21F3N2O2/c1-19(2,3)15-10-8-13(9-11-15)17(26)25-16-7-5-4-6-14(16)12-24-18(27)20(21,22)23/h4-11H,12H2,1-3H3,(H,24,27)(H,25,26). The Labute approximate surface area is 155 Å². The highest BCUT2D eigenvalue weighted by atomic mass is 19.4. The minimum Gasteiger partial charge on any atom is -0.344 e. The molecule has 7 heteroatoms. The number of alkyl halides is 3. The van der Waals surface area contributed by atoms with E-state index in [1.807, 2.05) is 12.1 Å². The summed E-state index contributed by atoms with van der Waals surface area (Å²) in [4.78, 5) is 23.4. The highest BCUT2D eigenvalue weighted by Gasteiger charge is 2.38. The molecule has 0 atom stereocenters. The normalized spacial score (nSPS) is 11.8. The van der Waals surface area contributed by atoms with Gasteiger partial charge >= 0.3 is 12.1 Å². The number of nitrogens with one attached hydrogen (secondary N) is 2. The van der Waals surface area contributed by atoms with E-state index in [1.54, 1.807) is 35.6 Å². The lowest BCUT2D eigenvalue weighted by molar-refractivity contribution is -0.173. The molecule has 2 aromatic carbocycles. The van der Waals surface area contributed by atoms with E-state index in [4.69, 9.17) is 0 Å². The topological polar surface area (TPSA) is 58.2 Å². The largest absolute Gasteiger partial charge is 0.471 e. The van der Waals surface area contributed by atoms with E-state index >= 15 is 0 Å². The molecule has 0 unspecified atom stereocenters. The molecule has 0 aliphatic carbocycles. The Morgan fingerprint density at radius 2 is 1.52 bits per heavy atom.